The Labute approximate surface area is 274 Å². The van der Waals surface area contributed by atoms with Crippen LogP contribution in [-0.2, 0) is 44.0 Å². The van der Waals surface area contributed by atoms with Crippen LogP contribution in [0.2, 0.25) is 36.3 Å². The van der Waals surface area contributed by atoms with E-state index in [1.54, 1.807) is 6.92 Å². The Morgan fingerprint density at radius 3 is 2.13 bits per heavy atom. The molecule has 3 heterocycles. The molecule has 4 atom stereocenters. The third kappa shape index (κ3) is 7.47. The van der Waals surface area contributed by atoms with Gasteiger partial charge in [0.15, 0.2) is 28.5 Å². The number of ether oxygens (including phenoxy) is 2. The van der Waals surface area contributed by atoms with Crippen LogP contribution in [0.4, 0.5) is 0 Å². The van der Waals surface area contributed by atoms with Crippen molar-refractivity contribution < 1.29 is 35.7 Å². The molecule has 1 aromatic rings. The highest BCUT2D eigenvalue weighted by Gasteiger charge is 2.67. The van der Waals surface area contributed by atoms with Gasteiger partial charge < -0.3 is 24.1 Å². The number of unbranched alkanes of at least 4 members (excludes halogenated alkanes) is 1. The molecule has 1 saturated heterocycles. The minimum Gasteiger partial charge on any atom is -0.469 e. The van der Waals surface area contributed by atoms with E-state index in [0.29, 0.717) is 12.8 Å². The third-order valence-electron chi connectivity index (χ3n) is 9.95. The number of carbonyl (C=O) groups is 1. The fraction of sp³-hybridized carbons (Fsp3) is 0.767. The third-order valence-corrected chi connectivity index (χ3v) is 20.0. The molecule has 16 heteroatoms. The molecule has 2 N–H and O–H groups in total. The summed E-state index contributed by atoms with van der Waals surface area (Å²) in [6, 6.07) is 0. The summed E-state index contributed by atoms with van der Waals surface area (Å²) < 4.78 is 59.1. The summed E-state index contributed by atoms with van der Waals surface area (Å²) in [6.07, 6.45) is -1.18. The minimum absolute atomic E-state index is 0.0484. The maximum Gasteiger partial charge on any atom is 0.333 e. The number of nitrogens with two attached hydrogens (primary N) is 1. The van der Waals surface area contributed by atoms with E-state index in [1.165, 1.54) is 17.9 Å². The zero-order valence-corrected chi connectivity index (χ0v) is 32.2. The van der Waals surface area contributed by atoms with Gasteiger partial charge in [-0.2, -0.15) is 8.42 Å². The second kappa shape index (κ2) is 13.1. The lowest BCUT2D eigenvalue weighted by Gasteiger charge is -2.43. The summed E-state index contributed by atoms with van der Waals surface area (Å²) in [5.74, 6) is -0.382. The zero-order chi connectivity index (χ0) is 35.3. The van der Waals surface area contributed by atoms with Crippen molar-refractivity contribution in [2.75, 3.05) is 13.7 Å². The van der Waals surface area contributed by atoms with E-state index in [1.807, 2.05) is 33.9 Å². The first-order valence-corrected chi connectivity index (χ1v) is 22.9. The first kappa shape index (κ1) is 38.4. The molecule has 262 valence electrons. The molecule has 0 radical (unpaired) electrons. The van der Waals surface area contributed by atoms with E-state index in [9.17, 15) is 22.8 Å². The quantitative estimate of drug-likeness (QED) is 0.154. The van der Waals surface area contributed by atoms with Crippen LogP contribution in [-0.4, -0.2) is 71.7 Å². The molecule has 46 heavy (non-hydrogen) atoms. The van der Waals surface area contributed by atoms with Crippen LogP contribution in [0, 0.1) is 6.92 Å². The van der Waals surface area contributed by atoms with Crippen molar-refractivity contribution >= 4 is 32.7 Å². The van der Waals surface area contributed by atoms with Crippen molar-refractivity contribution in [3.8, 4) is 0 Å². The highest BCUT2D eigenvalue weighted by atomic mass is 32.2. The van der Waals surface area contributed by atoms with Gasteiger partial charge in [0.1, 0.15) is 12.2 Å². The van der Waals surface area contributed by atoms with Gasteiger partial charge in [-0.1, -0.05) is 41.5 Å². The Bertz CT molecular complexity index is 1570. The predicted octanol–water partition coefficient (Wildman–Crippen LogP) is 3.87. The van der Waals surface area contributed by atoms with Gasteiger partial charge in [-0.25, -0.2) is 8.98 Å². The SMILES string of the molecule is COC(=O)CCCCn1c(=O)c(C)cn([C@@H]2O[C@H](CO[Si](C)(C)C(C)(C)C)[C@@]3(OS(=O)(=O)C=C3N)[C@H]2O[Si](C)(C)C(C)(C)C)c1=O. The first-order chi connectivity index (χ1) is 20.8. The van der Waals surface area contributed by atoms with Crippen LogP contribution >= 0.6 is 0 Å². The molecule has 0 aromatic carbocycles. The monoisotopic (exact) mass is 703 g/mol. The molecule has 0 saturated carbocycles. The molecule has 2 aliphatic heterocycles. The van der Waals surface area contributed by atoms with Crippen LogP contribution in [0.15, 0.2) is 26.9 Å². The normalized spacial score (nSPS) is 25.2. The minimum atomic E-state index is -4.25. The summed E-state index contributed by atoms with van der Waals surface area (Å²) in [7, 11) is -8.06. The Morgan fingerprint density at radius 2 is 1.63 bits per heavy atom. The standard InChI is InChI=1S/C30H53N3O10SSi2/c1-20-17-33(27(36)32(25(20)35)16-14-13-15-23(34)39-8)26-24(42-46(11,12)29(5,6)7)30(21(31)19-44(37,38)43-30)22(41-26)18-40-45(9,10)28(2,3)4/h17,19,22,24,26H,13-16,18,31H2,1-12H3/t22-,24+,26-,30-/m1/s1. The van der Waals surface area contributed by atoms with Crippen LogP contribution in [0.5, 0.6) is 0 Å². The molecule has 1 aromatic heterocycles. The number of hydrogen-bond acceptors (Lipinski definition) is 11. The number of aromatic nitrogens is 2. The van der Waals surface area contributed by atoms with E-state index < -0.39 is 62.0 Å². The predicted molar refractivity (Wildman–Crippen MR) is 180 cm³/mol. The van der Waals surface area contributed by atoms with Crippen molar-refractivity contribution in [1.82, 2.24) is 9.13 Å². The molecule has 0 amide bonds. The largest absolute Gasteiger partial charge is 0.469 e. The molecule has 2 aliphatic rings. The lowest BCUT2D eigenvalue weighted by atomic mass is 9.89. The van der Waals surface area contributed by atoms with E-state index in [4.69, 9.17) is 28.2 Å². The van der Waals surface area contributed by atoms with Crippen LogP contribution in [0.3, 0.4) is 0 Å². The van der Waals surface area contributed by atoms with Crippen LogP contribution in [0.1, 0.15) is 72.6 Å². The van der Waals surface area contributed by atoms with Crippen molar-refractivity contribution in [2.24, 2.45) is 5.73 Å². The van der Waals surface area contributed by atoms with E-state index >= 15 is 0 Å². The number of aryl methyl sites for hydroxylation is 1. The second-order valence-corrected chi connectivity index (χ2v) is 26.3. The number of nitrogens with zero attached hydrogens (tertiary/aromatic N) is 2. The number of hydrogen-bond donors (Lipinski definition) is 1. The number of esters is 1. The van der Waals surface area contributed by atoms with Crippen LogP contribution in [0.25, 0.3) is 0 Å². The molecule has 0 bridgehead atoms. The van der Waals surface area contributed by atoms with Gasteiger partial charge in [-0.3, -0.25) is 18.7 Å². The van der Waals surface area contributed by atoms with Gasteiger partial charge >= 0.3 is 11.7 Å². The zero-order valence-electron chi connectivity index (χ0n) is 29.4. The summed E-state index contributed by atoms with van der Waals surface area (Å²) in [5.41, 5.74) is 3.72. The number of rotatable bonds is 11. The summed E-state index contributed by atoms with van der Waals surface area (Å²) >= 11 is 0. The summed E-state index contributed by atoms with van der Waals surface area (Å²) in [6.45, 7) is 22.0. The Hall–Kier alpha value is -2.09. The smallest absolute Gasteiger partial charge is 0.333 e. The second-order valence-electron chi connectivity index (χ2n) is 15.3. The van der Waals surface area contributed by atoms with Crippen LogP contribution < -0.4 is 17.0 Å². The van der Waals surface area contributed by atoms with Gasteiger partial charge in [0.2, 0.25) is 0 Å². The maximum absolute atomic E-state index is 14.1. The van der Waals surface area contributed by atoms with E-state index in [2.05, 4.69) is 33.9 Å². The van der Waals surface area contributed by atoms with Gasteiger partial charge in [-0.15, -0.1) is 0 Å². The number of carbonyl (C=O) groups excluding carboxylic acids is 1. The first-order valence-electron chi connectivity index (χ1n) is 15.6. The maximum atomic E-state index is 14.1. The highest BCUT2D eigenvalue weighted by Crippen LogP contribution is 2.52. The van der Waals surface area contributed by atoms with Gasteiger partial charge in [0, 0.05) is 24.7 Å². The van der Waals surface area contributed by atoms with Crippen molar-refractivity contribution in [1.29, 1.82) is 0 Å². The fourth-order valence-corrected chi connectivity index (χ4v) is 8.50. The summed E-state index contributed by atoms with van der Waals surface area (Å²) in [4.78, 5) is 38.8. The topological polar surface area (TPSA) is 167 Å². The molecule has 3 rings (SSSR count). The van der Waals surface area contributed by atoms with Crippen molar-refractivity contribution in [3.05, 3.63) is 43.7 Å². The molecule has 0 unspecified atom stereocenters. The molecule has 1 fully saturated rings. The summed E-state index contributed by atoms with van der Waals surface area (Å²) in [5, 5.41) is 0.372. The molecular formula is C30H53N3O10SSi2. The molecule has 0 aliphatic carbocycles. The van der Waals surface area contributed by atoms with Crippen molar-refractivity contribution in [2.45, 2.75) is 135 Å². The average Bonchev–Trinajstić information content (AvgIpc) is 3.33. The Balaban J connectivity index is 2.22. The molecule has 1 spiro atoms. The molecular weight excluding hydrogens is 651 g/mol. The van der Waals surface area contributed by atoms with Gasteiger partial charge in [0.05, 0.1) is 24.8 Å². The van der Waals surface area contributed by atoms with Gasteiger partial charge in [0.25, 0.3) is 15.7 Å². The van der Waals surface area contributed by atoms with E-state index in [-0.39, 0.29) is 46.9 Å². The van der Waals surface area contributed by atoms with E-state index in [0.717, 1.165) is 9.98 Å². The lowest BCUT2D eigenvalue weighted by Crippen LogP contribution is -2.59. The van der Waals surface area contributed by atoms with Crippen molar-refractivity contribution in [3.63, 3.8) is 0 Å². The molecule has 13 nitrogen and oxygen atoms in total. The van der Waals surface area contributed by atoms with Gasteiger partial charge in [-0.05, 0) is 56.0 Å². The Morgan fingerprint density at radius 1 is 1.04 bits per heavy atom. The average molecular weight is 704 g/mol. The fourth-order valence-electron chi connectivity index (χ4n) is 4.99. The lowest BCUT2D eigenvalue weighted by molar-refractivity contribution is -0.140. The Kier molecular flexibility index (Phi) is 10.9. The number of methoxy groups -OCH3 is 1. The highest BCUT2D eigenvalue weighted by molar-refractivity contribution is 7.90.